The van der Waals surface area contributed by atoms with Crippen molar-refractivity contribution in [3.8, 4) is 0 Å². The number of carbonyl (C=O) groups excluding carboxylic acids is 1. The highest BCUT2D eigenvalue weighted by atomic mass is 16.3. The van der Waals surface area contributed by atoms with Crippen molar-refractivity contribution < 1.29 is 9.90 Å². The minimum Gasteiger partial charge on any atom is -0.378 e. The summed E-state index contributed by atoms with van der Waals surface area (Å²) < 4.78 is 0. The third kappa shape index (κ3) is 5.82. The number of aliphatic hydroxyl groups excluding tert-OH is 1. The van der Waals surface area contributed by atoms with Crippen LogP contribution in [0, 0.1) is 6.92 Å². The number of piperazine rings is 1. The quantitative estimate of drug-likeness (QED) is 0.566. The third-order valence-electron chi connectivity index (χ3n) is 5.76. The highest BCUT2D eigenvalue weighted by molar-refractivity contribution is 5.85. The Morgan fingerprint density at radius 3 is 2.45 bits per heavy atom. The Kier molecular flexibility index (Phi) is 7.64. The Morgan fingerprint density at radius 2 is 1.84 bits per heavy atom. The molecule has 0 radical (unpaired) electrons. The van der Waals surface area contributed by atoms with Gasteiger partial charge in [0.1, 0.15) is 5.84 Å². The minimum atomic E-state index is -1.12. The second-order valence-electron chi connectivity index (χ2n) is 8.25. The highest BCUT2D eigenvalue weighted by Gasteiger charge is 2.32. The van der Waals surface area contributed by atoms with E-state index in [1.54, 1.807) is 17.0 Å². The van der Waals surface area contributed by atoms with Crippen LogP contribution in [-0.2, 0) is 11.2 Å². The van der Waals surface area contributed by atoms with Crippen LogP contribution in [0.4, 0.5) is 0 Å². The summed E-state index contributed by atoms with van der Waals surface area (Å²) >= 11 is 0. The summed E-state index contributed by atoms with van der Waals surface area (Å²) in [6.07, 6.45) is 0.408. The molecule has 0 saturated carbocycles. The summed E-state index contributed by atoms with van der Waals surface area (Å²) in [5.41, 5.74) is 3.91. The van der Waals surface area contributed by atoms with Crippen LogP contribution >= 0.6 is 0 Å². The average molecular weight is 420 g/mol. The van der Waals surface area contributed by atoms with Gasteiger partial charge in [-0.05, 0) is 25.0 Å². The first-order chi connectivity index (χ1) is 14.9. The summed E-state index contributed by atoms with van der Waals surface area (Å²) in [6, 6.07) is 17.5. The molecular formula is C26H33N3O2. The number of hydrogen-bond acceptors (Lipinski definition) is 3. The van der Waals surface area contributed by atoms with Gasteiger partial charge in [-0.25, -0.2) is 4.99 Å². The molecule has 1 fully saturated rings. The van der Waals surface area contributed by atoms with E-state index < -0.39 is 6.10 Å². The van der Waals surface area contributed by atoms with E-state index in [9.17, 15) is 9.90 Å². The van der Waals surface area contributed by atoms with E-state index in [-0.39, 0.29) is 11.9 Å². The molecule has 3 rings (SSSR count). The maximum Gasteiger partial charge on any atom is 0.256 e. The van der Waals surface area contributed by atoms with Crippen molar-refractivity contribution in [2.75, 3.05) is 19.6 Å². The van der Waals surface area contributed by atoms with Crippen molar-refractivity contribution in [3.05, 3.63) is 83.6 Å². The van der Waals surface area contributed by atoms with Crippen LogP contribution in [0.3, 0.4) is 0 Å². The largest absolute Gasteiger partial charge is 0.378 e. The number of carbonyl (C=O) groups is 1. The van der Waals surface area contributed by atoms with Gasteiger partial charge in [0.25, 0.3) is 5.91 Å². The second kappa shape index (κ2) is 10.4. The maximum absolute atomic E-state index is 12.9. The van der Waals surface area contributed by atoms with Gasteiger partial charge < -0.3 is 14.9 Å². The second-order valence-corrected chi connectivity index (χ2v) is 8.25. The number of amides is 1. The van der Waals surface area contributed by atoms with Crippen LogP contribution < -0.4 is 0 Å². The van der Waals surface area contributed by atoms with Crippen LogP contribution in [-0.4, -0.2) is 52.3 Å². The Labute approximate surface area is 185 Å². The summed E-state index contributed by atoms with van der Waals surface area (Å²) in [4.78, 5) is 21.7. The zero-order valence-electron chi connectivity index (χ0n) is 18.8. The van der Waals surface area contributed by atoms with E-state index in [0.29, 0.717) is 25.2 Å². The predicted molar refractivity (Wildman–Crippen MR) is 126 cm³/mol. The molecule has 1 aliphatic rings. The monoisotopic (exact) mass is 419 g/mol. The molecule has 5 nitrogen and oxygen atoms in total. The number of rotatable bonds is 6. The third-order valence-corrected chi connectivity index (χ3v) is 5.76. The van der Waals surface area contributed by atoms with E-state index in [4.69, 9.17) is 4.99 Å². The Hall–Kier alpha value is -2.92. The van der Waals surface area contributed by atoms with Gasteiger partial charge in [0.2, 0.25) is 0 Å². The molecule has 0 bridgehead atoms. The summed E-state index contributed by atoms with van der Waals surface area (Å²) in [5, 5.41) is 10.5. The Balaban J connectivity index is 1.62. The number of aryl methyl sites for hydroxylation is 1. The van der Waals surface area contributed by atoms with Gasteiger partial charge in [0.15, 0.2) is 6.10 Å². The van der Waals surface area contributed by atoms with Crippen molar-refractivity contribution in [3.63, 3.8) is 0 Å². The molecule has 0 aliphatic carbocycles. The maximum atomic E-state index is 12.9. The smallest absolute Gasteiger partial charge is 0.256 e. The summed E-state index contributed by atoms with van der Waals surface area (Å²) in [5.74, 6) is 0.761. The lowest BCUT2D eigenvalue weighted by Gasteiger charge is -2.42. The molecule has 2 unspecified atom stereocenters. The molecule has 5 heteroatoms. The summed E-state index contributed by atoms with van der Waals surface area (Å²) in [6.45, 7) is 12.3. The zero-order chi connectivity index (χ0) is 22.4. The van der Waals surface area contributed by atoms with Crippen molar-refractivity contribution in [2.24, 2.45) is 4.99 Å². The normalized spacial score (nSPS) is 18.1. The zero-order valence-corrected chi connectivity index (χ0v) is 18.8. The summed E-state index contributed by atoms with van der Waals surface area (Å²) in [7, 11) is 0. The fourth-order valence-electron chi connectivity index (χ4n) is 3.99. The molecule has 2 aromatic rings. The number of aliphatic hydroxyl groups is 1. The fraction of sp³-hybridized carbons (Fsp3) is 0.385. The van der Waals surface area contributed by atoms with Gasteiger partial charge in [-0.2, -0.15) is 0 Å². The Morgan fingerprint density at radius 1 is 1.16 bits per heavy atom. The first kappa shape index (κ1) is 22.8. The van der Waals surface area contributed by atoms with E-state index in [1.807, 2.05) is 25.1 Å². The number of allylic oxidation sites excluding steroid dienone is 1. The predicted octanol–water partition coefficient (Wildman–Crippen LogP) is 4.13. The molecule has 1 aliphatic heterocycles. The van der Waals surface area contributed by atoms with Gasteiger partial charge in [-0.1, -0.05) is 73.7 Å². The van der Waals surface area contributed by atoms with Crippen LogP contribution in [0.1, 0.15) is 43.1 Å². The standard InChI is InChI=1S/C26H33N3O2/c1-5-24(27-20(3)17-22-13-11-19(2)12-14-22)28-15-16-29(21(4)18-28)26(31)25(30)23-9-7-6-8-10-23/h6-14,21,25,30H,3,5,15-18H2,1-2,4H3. The molecule has 0 spiro atoms. The van der Waals surface area contributed by atoms with Gasteiger partial charge in [-0.15, -0.1) is 0 Å². The SMILES string of the molecule is C=C(Cc1ccc(C)cc1)N=C(CC)N1CCN(C(=O)C(O)c2ccccc2)C(C)C1. The number of nitrogens with zero attached hydrogens (tertiary/aromatic N) is 3. The van der Waals surface area contributed by atoms with E-state index >= 15 is 0 Å². The lowest BCUT2D eigenvalue weighted by atomic mass is 10.1. The number of amidine groups is 1. The number of hydrogen-bond donors (Lipinski definition) is 1. The first-order valence-corrected chi connectivity index (χ1v) is 11.0. The molecule has 31 heavy (non-hydrogen) atoms. The molecule has 164 valence electrons. The van der Waals surface area contributed by atoms with Gasteiger partial charge in [-0.3, -0.25) is 4.79 Å². The van der Waals surface area contributed by atoms with E-state index in [2.05, 4.69) is 49.6 Å². The molecule has 0 aromatic heterocycles. The van der Waals surface area contributed by atoms with Crippen molar-refractivity contribution >= 4 is 11.7 Å². The van der Waals surface area contributed by atoms with Crippen LogP contribution in [0.15, 0.2) is 71.9 Å². The topological polar surface area (TPSA) is 56.1 Å². The Bertz CT molecular complexity index is 921. The van der Waals surface area contributed by atoms with E-state index in [1.165, 1.54) is 11.1 Å². The average Bonchev–Trinajstić information content (AvgIpc) is 2.78. The van der Waals surface area contributed by atoms with Crippen LogP contribution in [0.5, 0.6) is 0 Å². The lowest BCUT2D eigenvalue weighted by molar-refractivity contribution is -0.144. The van der Waals surface area contributed by atoms with Crippen molar-refractivity contribution in [1.29, 1.82) is 0 Å². The molecule has 1 amide bonds. The molecule has 2 atom stereocenters. The highest BCUT2D eigenvalue weighted by Crippen LogP contribution is 2.20. The van der Waals surface area contributed by atoms with Crippen LogP contribution in [0.2, 0.25) is 0 Å². The number of benzene rings is 2. The molecule has 1 N–H and O–H groups in total. The first-order valence-electron chi connectivity index (χ1n) is 11.0. The number of aliphatic imine (C=N–C) groups is 1. The lowest BCUT2D eigenvalue weighted by Crippen LogP contribution is -2.56. The van der Waals surface area contributed by atoms with Crippen molar-refractivity contribution in [2.45, 2.75) is 45.8 Å². The van der Waals surface area contributed by atoms with Crippen LogP contribution in [0.25, 0.3) is 0 Å². The minimum absolute atomic E-state index is 0.0123. The van der Waals surface area contributed by atoms with Gasteiger partial charge in [0.05, 0.1) is 0 Å². The van der Waals surface area contributed by atoms with E-state index in [0.717, 1.165) is 24.4 Å². The molecule has 1 heterocycles. The van der Waals surface area contributed by atoms with Crippen molar-refractivity contribution in [1.82, 2.24) is 9.80 Å². The molecule has 1 saturated heterocycles. The molecule has 2 aromatic carbocycles. The van der Waals surface area contributed by atoms with Gasteiger partial charge in [0, 0.05) is 44.2 Å². The van der Waals surface area contributed by atoms with Gasteiger partial charge >= 0.3 is 0 Å². The fourth-order valence-corrected chi connectivity index (χ4v) is 3.99. The molecular weight excluding hydrogens is 386 g/mol.